The molecule has 0 aliphatic heterocycles. The predicted octanol–water partition coefficient (Wildman–Crippen LogP) is 7.51. The number of fused-ring (bicyclic) bond motifs is 1. The van der Waals surface area contributed by atoms with Crippen LogP contribution >= 0.6 is 34.4 Å². The van der Waals surface area contributed by atoms with Crippen molar-refractivity contribution in [1.82, 2.24) is 19.7 Å². The number of thioether (sulfide) groups is 1. The van der Waals surface area contributed by atoms with Gasteiger partial charge in [-0.15, -0.1) is 39.4 Å². The molecule has 0 saturated carbocycles. The van der Waals surface area contributed by atoms with Gasteiger partial charge in [0.1, 0.15) is 0 Å². The lowest BCUT2D eigenvalue weighted by atomic mass is 9.72. The van der Waals surface area contributed by atoms with Gasteiger partial charge < -0.3 is 5.32 Å². The Kier molecular flexibility index (Phi) is 7.88. The highest BCUT2D eigenvalue weighted by Crippen LogP contribution is 2.42. The van der Waals surface area contributed by atoms with Gasteiger partial charge in [0.15, 0.2) is 16.1 Å². The Morgan fingerprint density at radius 1 is 1.26 bits per heavy atom. The quantitative estimate of drug-likeness (QED) is 0.177. The van der Waals surface area contributed by atoms with Crippen LogP contribution in [0.1, 0.15) is 43.2 Å². The summed E-state index contributed by atoms with van der Waals surface area (Å²) in [7, 11) is 0. The number of aryl methyl sites for hydroxylation is 2. The van der Waals surface area contributed by atoms with Gasteiger partial charge in [-0.05, 0) is 49.1 Å². The average molecular weight is 564 g/mol. The van der Waals surface area contributed by atoms with Gasteiger partial charge >= 0.3 is 0 Å². The third-order valence-electron chi connectivity index (χ3n) is 6.99. The molecule has 3 heterocycles. The fourth-order valence-corrected chi connectivity index (χ4v) is 7.40. The first-order valence-electron chi connectivity index (χ1n) is 12.8. The Morgan fingerprint density at radius 3 is 2.79 bits per heavy atom. The maximum absolute atomic E-state index is 12.7. The molecule has 5 rings (SSSR count). The Morgan fingerprint density at radius 2 is 2.05 bits per heavy atom. The highest BCUT2D eigenvalue weighted by atomic mass is 32.2. The van der Waals surface area contributed by atoms with Crippen LogP contribution in [0.5, 0.6) is 0 Å². The molecule has 1 atom stereocenters. The standard InChI is InChI=1S/C29H33N5OS3/c1-6-13-34-26(24-15-20-14-21(29(3,4)5)11-12-23(20)38-24)32-33-28(34)37-17-25(35)31-27-30-22(16-36-27)19-9-7-18(2)8-10-19/h6-10,15-16,21H,1,11-14,17H2,2-5H3,(H,30,31,35)/t21-/m0/s1. The Hall–Kier alpha value is -2.75. The van der Waals surface area contributed by atoms with Gasteiger partial charge in [0.2, 0.25) is 5.91 Å². The third kappa shape index (κ3) is 5.95. The minimum atomic E-state index is -0.116. The summed E-state index contributed by atoms with van der Waals surface area (Å²) in [6, 6.07) is 10.5. The number of anilines is 1. The normalized spacial score (nSPS) is 15.3. The zero-order valence-electron chi connectivity index (χ0n) is 22.3. The molecule has 1 aliphatic carbocycles. The van der Waals surface area contributed by atoms with Gasteiger partial charge in [0.25, 0.3) is 0 Å². The van der Waals surface area contributed by atoms with Crippen LogP contribution in [0.2, 0.25) is 0 Å². The Bertz CT molecular complexity index is 1440. The minimum Gasteiger partial charge on any atom is -0.301 e. The van der Waals surface area contributed by atoms with Crippen LogP contribution in [-0.2, 0) is 24.2 Å². The highest BCUT2D eigenvalue weighted by molar-refractivity contribution is 7.99. The SMILES string of the molecule is C=CCn1c(SCC(=O)Nc2nc(-c3ccc(C)cc3)cs2)nnc1-c1cc2c(s1)CC[C@H](C(C)(C)C)C2. The number of carbonyl (C=O) groups is 1. The second-order valence-electron chi connectivity index (χ2n) is 10.8. The number of hydrogen-bond acceptors (Lipinski definition) is 7. The third-order valence-corrected chi connectivity index (χ3v) is 9.94. The van der Waals surface area contributed by atoms with E-state index in [0.29, 0.717) is 28.2 Å². The summed E-state index contributed by atoms with van der Waals surface area (Å²) < 4.78 is 2.06. The molecule has 0 spiro atoms. The summed E-state index contributed by atoms with van der Waals surface area (Å²) in [4.78, 5) is 19.9. The van der Waals surface area contributed by atoms with E-state index in [0.717, 1.165) is 34.8 Å². The fraction of sp³-hybridized carbons (Fsp3) is 0.379. The molecule has 0 saturated heterocycles. The summed E-state index contributed by atoms with van der Waals surface area (Å²) in [5, 5.41) is 15.2. The molecule has 0 bridgehead atoms. The number of carbonyl (C=O) groups excluding carboxylic acids is 1. The number of nitrogens with one attached hydrogen (secondary N) is 1. The molecule has 6 nitrogen and oxygen atoms in total. The Balaban J connectivity index is 1.25. The Labute approximate surface area is 236 Å². The lowest BCUT2D eigenvalue weighted by Crippen LogP contribution is -2.26. The smallest absolute Gasteiger partial charge is 0.236 e. The summed E-state index contributed by atoms with van der Waals surface area (Å²) in [5.74, 6) is 1.65. The van der Waals surface area contributed by atoms with Crippen molar-refractivity contribution in [2.24, 2.45) is 11.3 Å². The molecule has 1 aromatic carbocycles. The van der Waals surface area contributed by atoms with Gasteiger partial charge in [0.05, 0.1) is 16.3 Å². The second-order valence-corrected chi connectivity index (χ2v) is 13.7. The number of nitrogens with zero attached hydrogens (tertiary/aromatic N) is 4. The molecule has 1 N–H and O–H groups in total. The summed E-state index contributed by atoms with van der Waals surface area (Å²) >= 11 is 4.64. The van der Waals surface area contributed by atoms with Crippen molar-refractivity contribution in [1.29, 1.82) is 0 Å². The van der Waals surface area contributed by atoms with Crippen LogP contribution < -0.4 is 5.32 Å². The molecular weight excluding hydrogens is 531 g/mol. The van der Waals surface area contributed by atoms with Gasteiger partial charge in [-0.1, -0.05) is 68.4 Å². The molecule has 3 aromatic heterocycles. The molecule has 0 radical (unpaired) electrons. The molecule has 198 valence electrons. The number of benzene rings is 1. The average Bonchev–Trinajstić information content (AvgIpc) is 3.61. The summed E-state index contributed by atoms with van der Waals surface area (Å²) in [5.41, 5.74) is 4.87. The second kappa shape index (κ2) is 11.2. The predicted molar refractivity (Wildman–Crippen MR) is 160 cm³/mol. The van der Waals surface area contributed by atoms with Crippen LogP contribution in [0, 0.1) is 18.3 Å². The van der Waals surface area contributed by atoms with E-state index >= 15 is 0 Å². The molecule has 4 aromatic rings. The van der Waals surface area contributed by atoms with E-state index in [-0.39, 0.29) is 11.7 Å². The van der Waals surface area contributed by atoms with Gasteiger partial charge in [-0.25, -0.2) is 4.98 Å². The van der Waals surface area contributed by atoms with E-state index in [2.05, 4.69) is 77.5 Å². The first-order valence-corrected chi connectivity index (χ1v) is 15.5. The van der Waals surface area contributed by atoms with Crippen molar-refractivity contribution in [3.63, 3.8) is 0 Å². The van der Waals surface area contributed by atoms with E-state index < -0.39 is 0 Å². The highest BCUT2D eigenvalue weighted by Gasteiger charge is 2.30. The van der Waals surface area contributed by atoms with Gasteiger partial charge in [0, 0.05) is 22.4 Å². The zero-order valence-corrected chi connectivity index (χ0v) is 24.7. The van der Waals surface area contributed by atoms with Crippen molar-refractivity contribution < 1.29 is 4.79 Å². The van der Waals surface area contributed by atoms with Crippen molar-refractivity contribution in [2.45, 2.75) is 58.7 Å². The van der Waals surface area contributed by atoms with Crippen LogP contribution in [-0.4, -0.2) is 31.4 Å². The molecular formula is C29H33N5OS3. The minimum absolute atomic E-state index is 0.116. The zero-order chi connectivity index (χ0) is 26.9. The number of rotatable bonds is 8. The van der Waals surface area contributed by atoms with Crippen LogP contribution in [0.15, 0.2) is 53.5 Å². The number of thiazole rings is 1. The van der Waals surface area contributed by atoms with E-state index in [4.69, 9.17) is 0 Å². The van der Waals surface area contributed by atoms with Gasteiger partial charge in [-0.2, -0.15) is 0 Å². The van der Waals surface area contributed by atoms with Crippen molar-refractivity contribution in [2.75, 3.05) is 11.1 Å². The molecule has 1 aliphatic rings. The van der Waals surface area contributed by atoms with Crippen LogP contribution in [0.25, 0.3) is 22.0 Å². The molecule has 0 unspecified atom stereocenters. The fourth-order valence-electron chi connectivity index (χ4n) is 4.72. The largest absolute Gasteiger partial charge is 0.301 e. The molecule has 38 heavy (non-hydrogen) atoms. The lowest BCUT2D eigenvalue weighted by molar-refractivity contribution is -0.113. The first kappa shape index (κ1) is 26.8. The van der Waals surface area contributed by atoms with Crippen LogP contribution in [0.3, 0.4) is 0 Å². The molecule has 9 heteroatoms. The van der Waals surface area contributed by atoms with Gasteiger partial charge in [-0.3, -0.25) is 9.36 Å². The molecule has 1 amide bonds. The number of allylic oxidation sites excluding steroid dienone is 1. The summed E-state index contributed by atoms with van der Waals surface area (Å²) in [6.45, 7) is 13.6. The number of amides is 1. The lowest BCUT2D eigenvalue weighted by Gasteiger charge is -2.33. The van der Waals surface area contributed by atoms with Crippen LogP contribution in [0.4, 0.5) is 5.13 Å². The number of thiophene rings is 1. The van der Waals surface area contributed by atoms with Crippen molar-refractivity contribution >= 4 is 45.5 Å². The van der Waals surface area contributed by atoms with Crippen molar-refractivity contribution in [3.05, 3.63) is 64.4 Å². The van der Waals surface area contributed by atoms with Crippen molar-refractivity contribution in [3.8, 4) is 22.0 Å². The van der Waals surface area contributed by atoms with E-state index in [9.17, 15) is 4.79 Å². The topological polar surface area (TPSA) is 72.7 Å². The maximum atomic E-state index is 12.7. The van der Waals surface area contributed by atoms with E-state index in [1.165, 1.54) is 45.5 Å². The maximum Gasteiger partial charge on any atom is 0.236 e. The molecule has 0 fully saturated rings. The first-order chi connectivity index (χ1) is 18.2. The number of hydrogen-bond donors (Lipinski definition) is 1. The monoisotopic (exact) mass is 563 g/mol. The summed E-state index contributed by atoms with van der Waals surface area (Å²) in [6.07, 6.45) is 5.33. The van der Waals surface area contributed by atoms with E-state index in [1.54, 1.807) is 0 Å². The van der Waals surface area contributed by atoms with E-state index in [1.807, 2.05) is 34.9 Å². The number of aromatic nitrogens is 4.